The van der Waals surface area contributed by atoms with Crippen LogP contribution in [-0.4, -0.2) is 33.6 Å². The van der Waals surface area contributed by atoms with Crippen LogP contribution in [0.1, 0.15) is 58.4 Å². The second-order valence-electron chi connectivity index (χ2n) is 8.34. The van der Waals surface area contributed by atoms with Gasteiger partial charge in [0.05, 0.1) is 10.9 Å². The van der Waals surface area contributed by atoms with Crippen molar-refractivity contribution < 1.29 is 14.3 Å². The van der Waals surface area contributed by atoms with Crippen LogP contribution in [0.3, 0.4) is 0 Å². The van der Waals surface area contributed by atoms with E-state index in [9.17, 15) is 9.59 Å². The maximum absolute atomic E-state index is 12.2. The summed E-state index contributed by atoms with van der Waals surface area (Å²) in [4.78, 5) is 34.1. The number of fused-ring (bicyclic) bond motifs is 2. The van der Waals surface area contributed by atoms with Crippen LogP contribution in [-0.2, 0) is 22.4 Å². The average molecular weight is 475 g/mol. The van der Waals surface area contributed by atoms with E-state index in [2.05, 4.69) is 15.6 Å². The van der Waals surface area contributed by atoms with Gasteiger partial charge in [-0.1, -0.05) is 13.8 Å². The molecule has 32 heavy (non-hydrogen) atoms. The zero-order valence-electron chi connectivity index (χ0n) is 19.4. The first kappa shape index (κ1) is 24.1. The number of carbonyl (C=O) groups excluding carboxylic acids is 2. The molecule has 3 aromatic rings. The molecule has 0 aliphatic heterocycles. The second kappa shape index (κ2) is 9.95. The number of carbonyl (C=O) groups is 2. The number of ether oxygens (including phenoxy) is 1. The first-order valence-corrected chi connectivity index (χ1v) is 12.5. The molecule has 9 heteroatoms. The van der Waals surface area contributed by atoms with Crippen LogP contribution in [0.5, 0.6) is 0 Å². The van der Waals surface area contributed by atoms with Crippen LogP contribution in [0.4, 0.5) is 9.80 Å². The molecule has 0 fully saturated rings. The first-order chi connectivity index (χ1) is 15.2. The normalized spacial score (nSPS) is 15.4. The predicted octanol–water partition coefficient (Wildman–Crippen LogP) is 5.79. The number of alkyl carbamates (subject to hydrolysis) is 1. The highest BCUT2D eigenvalue weighted by Crippen LogP contribution is 2.46. The molecule has 2 amide bonds. The number of rotatable bonds is 3. The van der Waals surface area contributed by atoms with Crippen molar-refractivity contribution in [2.45, 2.75) is 72.4 Å². The molecule has 3 aromatic heterocycles. The summed E-state index contributed by atoms with van der Waals surface area (Å²) in [5.41, 5.74) is 2.53. The van der Waals surface area contributed by atoms with Crippen molar-refractivity contribution in [1.82, 2.24) is 15.3 Å². The lowest BCUT2D eigenvalue weighted by molar-refractivity contribution is -0.114. The van der Waals surface area contributed by atoms with Gasteiger partial charge >= 0.3 is 6.09 Å². The van der Waals surface area contributed by atoms with Crippen LogP contribution in [0.2, 0.25) is 0 Å². The molecule has 4 rings (SSSR count). The third-order valence-electron chi connectivity index (χ3n) is 4.68. The Morgan fingerprint density at radius 3 is 2.62 bits per heavy atom. The Balaban J connectivity index is 0.00000141. The van der Waals surface area contributed by atoms with Crippen molar-refractivity contribution in [3.63, 3.8) is 0 Å². The molecule has 1 aliphatic carbocycles. The fourth-order valence-electron chi connectivity index (χ4n) is 3.54. The van der Waals surface area contributed by atoms with E-state index in [1.807, 2.05) is 40.7 Å². The minimum atomic E-state index is -0.527. The third kappa shape index (κ3) is 5.63. The Hall–Kier alpha value is -2.52. The summed E-state index contributed by atoms with van der Waals surface area (Å²) in [5.74, 6) is -0.110. The van der Waals surface area contributed by atoms with Crippen LogP contribution in [0.25, 0.3) is 20.8 Å². The number of nitrogens with zero attached hydrogens (tertiary/aromatic N) is 2. The molecule has 1 aliphatic rings. The van der Waals surface area contributed by atoms with Gasteiger partial charge in [-0.15, -0.1) is 22.7 Å². The molecular weight excluding hydrogens is 444 g/mol. The molecule has 172 valence electrons. The summed E-state index contributed by atoms with van der Waals surface area (Å²) >= 11 is 3.17. The molecule has 7 nitrogen and oxygen atoms in total. The van der Waals surface area contributed by atoms with Crippen molar-refractivity contribution in [3.05, 3.63) is 28.9 Å². The van der Waals surface area contributed by atoms with Crippen LogP contribution < -0.4 is 10.6 Å². The molecule has 2 N–H and O–H groups in total. The monoisotopic (exact) mass is 474 g/mol. The Kier molecular flexibility index (Phi) is 7.51. The molecule has 0 bridgehead atoms. The van der Waals surface area contributed by atoms with E-state index in [0.29, 0.717) is 6.42 Å². The Morgan fingerprint density at radius 2 is 1.97 bits per heavy atom. The summed E-state index contributed by atoms with van der Waals surface area (Å²) < 4.78 is 6.46. The Bertz CT molecular complexity index is 1080. The lowest BCUT2D eigenvalue weighted by Gasteiger charge is -2.26. The number of pyridine rings is 1. The van der Waals surface area contributed by atoms with Crippen LogP contribution in [0, 0.1) is 0 Å². The quantitative estimate of drug-likeness (QED) is 0.501. The molecule has 0 spiro atoms. The van der Waals surface area contributed by atoms with E-state index in [0.717, 1.165) is 38.6 Å². The fraction of sp³-hybridized carbons (Fsp3) is 0.478. The van der Waals surface area contributed by atoms with Gasteiger partial charge in [-0.05, 0) is 45.2 Å². The summed E-state index contributed by atoms with van der Waals surface area (Å²) in [6.07, 6.45) is 5.44. The van der Waals surface area contributed by atoms with Gasteiger partial charge in [0.2, 0.25) is 5.91 Å². The smallest absolute Gasteiger partial charge is 0.407 e. The number of nitrogens with one attached hydrogen (secondary N) is 2. The van der Waals surface area contributed by atoms with Gasteiger partial charge in [0.1, 0.15) is 21.1 Å². The highest BCUT2D eigenvalue weighted by molar-refractivity contribution is 7.22. The van der Waals surface area contributed by atoms with Gasteiger partial charge < -0.3 is 15.4 Å². The van der Waals surface area contributed by atoms with Crippen molar-refractivity contribution >= 4 is 49.9 Å². The van der Waals surface area contributed by atoms with Gasteiger partial charge in [-0.2, -0.15) is 0 Å². The van der Waals surface area contributed by atoms with E-state index in [-0.39, 0.29) is 11.9 Å². The highest BCUT2D eigenvalue weighted by atomic mass is 32.1. The number of aromatic nitrogens is 2. The molecular formula is C23H30N4O3S2. The number of amides is 2. The molecule has 0 aromatic carbocycles. The van der Waals surface area contributed by atoms with Gasteiger partial charge in [0.25, 0.3) is 0 Å². The molecule has 0 radical (unpaired) electrons. The lowest BCUT2D eigenvalue weighted by atomic mass is 9.92. The number of anilines is 1. The van der Waals surface area contributed by atoms with E-state index < -0.39 is 11.7 Å². The Labute approximate surface area is 196 Å². The van der Waals surface area contributed by atoms with Crippen molar-refractivity contribution in [1.29, 1.82) is 0 Å². The number of hydrogen-bond donors (Lipinski definition) is 2. The van der Waals surface area contributed by atoms with Gasteiger partial charge in [0, 0.05) is 36.0 Å². The van der Waals surface area contributed by atoms with Crippen LogP contribution in [0.15, 0.2) is 18.5 Å². The standard InChI is InChI=1S/C21H24N4O3S2.C2H6/c1-11(26)23-18-17(19-25-14-10-22-8-7-15(14)29-19)13-6-5-12(9-16(13)30-18)24-20(27)28-21(2,3)4;1-2/h7-8,10,12H,5-6,9H2,1-4H3,(H,23,26)(H,24,27);1-2H3. The fourth-order valence-corrected chi connectivity index (χ4v) is 6.00. The van der Waals surface area contributed by atoms with Crippen molar-refractivity contribution in [2.24, 2.45) is 0 Å². The van der Waals surface area contributed by atoms with E-state index in [1.165, 1.54) is 17.4 Å². The zero-order valence-corrected chi connectivity index (χ0v) is 21.0. The predicted molar refractivity (Wildman–Crippen MR) is 132 cm³/mol. The molecule has 0 saturated heterocycles. The molecule has 0 saturated carbocycles. The van der Waals surface area contributed by atoms with E-state index >= 15 is 0 Å². The largest absolute Gasteiger partial charge is 0.444 e. The highest BCUT2D eigenvalue weighted by Gasteiger charge is 2.30. The van der Waals surface area contributed by atoms with Gasteiger partial charge in [0.15, 0.2) is 0 Å². The molecule has 1 unspecified atom stereocenters. The van der Waals surface area contributed by atoms with E-state index in [4.69, 9.17) is 9.72 Å². The van der Waals surface area contributed by atoms with Gasteiger partial charge in [-0.3, -0.25) is 9.78 Å². The van der Waals surface area contributed by atoms with Gasteiger partial charge in [-0.25, -0.2) is 9.78 Å². The number of thiazole rings is 1. The number of hydrogen-bond acceptors (Lipinski definition) is 7. The van der Waals surface area contributed by atoms with Crippen LogP contribution >= 0.6 is 22.7 Å². The summed E-state index contributed by atoms with van der Waals surface area (Å²) in [7, 11) is 0. The Morgan fingerprint density at radius 1 is 1.22 bits per heavy atom. The minimum absolute atomic E-state index is 0.00333. The van der Waals surface area contributed by atoms with E-state index in [1.54, 1.807) is 35.1 Å². The number of thiophene rings is 1. The summed E-state index contributed by atoms with van der Waals surface area (Å²) in [6, 6.07) is 1.96. The summed E-state index contributed by atoms with van der Waals surface area (Å²) in [5, 5.41) is 7.67. The zero-order chi connectivity index (χ0) is 23.5. The SMILES string of the molecule is CC.CC(=O)Nc1sc2c(c1-c1nc3cnccc3s1)CCC(NC(=O)OC(C)(C)C)C2. The third-order valence-corrected chi connectivity index (χ3v) is 6.90. The summed E-state index contributed by atoms with van der Waals surface area (Å²) in [6.45, 7) is 11.1. The first-order valence-electron chi connectivity index (χ1n) is 10.8. The maximum Gasteiger partial charge on any atom is 0.407 e. The van der Waals surface area contributed by atoms with Crippen molar-refractivity contribution in [2.75, 3.05) is 5.32 Å². The average Bonchev–Trinajstić information content (AvgIpc) is 3.27. The lowest BCUT2D eigenvalue weighted by Crippen LogP contribution is -2.41. The molecule has 3 heterocycles. The maximum atomic E-state index is 12.2. The topological polar surface area (TPSA) is 93.2 Å². The second-order valence-corrected chi connectivity index (χ2v) is 10.5. The minimum Gasteiger partial charge on any atom is -0.444 e. The molecule has 1 atom stereocenters. The van der Waals surface area contributed by atoms with Crippen molar-refractivity contribution in [3.8, 4) is 10.6 Å².